The summed E-state index contributed by atoms with van der Waals surface area (Å²) >= 11 is 1.37. The Morgan fingerprint density at radius 2 is 1.88 bits per heavy atom. The highest BCUT2D eigenvalue weighted by Crippen LogP contribution is 2.44. The maximum absolute atomic E-state index is 13.4. The SMILES string of the molecule is Cc1cc(C)c2nc(N3C(=O)C(O)=C(C(=O)c4ccco4)[C@@H]3c3ccc(C(C)C)cc3)sc2c1. The number of ketones is 1. The van der Waals surface area contributed by atoms with Gasteiger partial charge >= 0.3 is 0 Å². The molecule has 0 bridgehead atoms. The van der Waals surface area contributed by atoms with E-state index in [1.807, 2.05) is 50.2 Å². The van der Waals surface area contributed by atoms with Crippen LogP contribution in [-0.2, 0) is 4.79 Å². The summed E-state index contributed by atoms with van der Waals surface area (Å²) in [6, 6.07) is 14.1. The molecule has 1 aliphatic heterocycles. The molecule has 1 atom stereocenters. The summed E-state index contributed by atoms with van der Waals surface area (Å²) in [4.78, 5) is 32.9. The molecule has 1 aliphatic rings. The third-order valence-corrected chi connectivity index (χ3v) is 7.14. The summed E-state index contributed by atoms with van der Waals surface area (Å²) in [6.45, 7) is 8.20. The summed E-state index contributed by atoms with van der Waals surface area (Å²) < 4.78 is 6.25. The van der Waals surface area contributed by atoms with Gasteiger partial charge in [-0.2, -0.15) is 0 Å². The minimum Gasteiger partial charge on any atom is -0.503 e. The number of hydrogen-bond acceptors (Lipinski definition) is 6. The van der Waals surface area contributed by atoms with Gasteiger partial charge in [0.15, 0.2) is 16.7 Å². The molecule has 172 valence electrons. The van der Waals surface area contributed by atoms with Gasteiger partial charge in [0.25, 0.3) is 5.91 Å². The summed E-state index contributed by atoms with van der Waals surface area (Å²) in [6.07, 6.45) is 1.39. The van der Waals surface area contributed by atoms with Crippen molar-refractivity contribution in [2.75, 3.05) is 4.90 Å². The van der Waals surface area contributed by atoms with Gasteiger partial charge in [0.1, 0.15) is 0 Å². The fourth-order valence-corrected chi connectivity index (χ4v) is 5.58. The van der Waals surface area contributed by atoms with Gasteiger partial charge in [-0.05, 0) is 60.2 Å². The maximum atomic E-state index is 13.4. The number of furan rings is 1. The molecule has 4 aromatic rings. The Hall–Kier alpha value is -3.71. The Labute approximate surface area is 201 Å². The van der Waals surface area contributed by atoms with Crippen molar-refractivity contribution >= 4 is 38.4 Å². The van der Waals surface area contributed by atoms with Crippen molar-refractivity contribution in [1.82, 2.24) is 4.98 Å². The number of Topliss-reactive ketones (excluding diaryl/α,β-unsaturated/α-hetero) is 1. The second kappa shape index (κ2) is 8.25. The van der Waals surface area contributed by atoms with Crippen LogP contribution < -0.4 is 4.90 Å². The molecule has 0 unspecified atom stereocenters. The molecule has 0 saturated carbocycles. The van der Waals surface area contributed by atoms with Crippen molar-refractivity contribution < 1.29 is 19.1 Å². The van der Waals surface area contributed by atoms with E-state index < -0.39 is 23.5 Å². The molecule has 1 N–H and O–H groups in total. The van der Waals surface area contributed by atoms with E-state index in [9.17, 15) is 14.7 Å². The Bertz CT molecular complexity index is 1450. The van der Waals surface area contributed by atoms with Crippen LogP contribution in [0.1, 0.15) is 58.6 Å². The van der Waals surface area contributed by atoms with Crippen LogP contribution in [0.25, 0.3) is 10.2 Å². The van der Waals surface area contributed by atoms with E-state index in [4.69, 9.17) is 9.40 Å². The largest absolute Gasteiger partial charge is 0.503 e. The fourth-order valence-electron chi connectivity index (χ4n) is 4.42. The number of amides is 1. The summed E-state index contributed by atoms with van der Waals surface area (Å²) in [5.74, 6) is -1.35. The van der Waals surface area contributed by atoms with Gasteiger partial charge < -0.3 is 9.52 Å². The third-order valence-electron chi connectivity index (χ3n) is 6.14. The molecule has 2 aromatic heterocycles. The summed E-state index contributed by atoms with van der Waals surface area (Å²) in [5, 5.41) is 11.3. The second-order valence-electron chi connectivity index (χ2n) is 8.89. The van der Waals surface area contributed by atoms with Crippen molar-refractivity contribution in [2.45, 2.75) is 39.7 Å². The molecule has 7 heteroatoms. The predicted octanol–water partition coefficient (Wildman–Crippen LogP) is 6.41. The monoisotopic (exact) mass is 472 g/mol. The normalized spacial score (nSPS) is 16.3. The molecule has 34 heavy (non-hydrogen) atoms. The van der Waals surface area contributed by atoms with E-state index in [-0.39, 0.29) is 11.3 Å². The van der Waals surface area contributed by atoms with Crippen LogP contribution in [0.2, 0.25) is 0 Å². The zero-order valence-electron chi connectivity index (χ0n) is 19.3. The van der Waals surface area contributed by atoms with E-state index in [1.54, 1.807) is 6.07 Å². The van der Waals surface area contributed by atoms with Crippen molar-refractivity contribution in [3.05, 3.63) is 94.1 Å². The molecule has 3 heterocycles. The summed E-state index contributed by atoms with van der Waals surface area (Å²) in [7, 11) is 0. The molecule has 0 radical (unpaired) electrons. The first kappa shape index (κ1) is 22.1. The number of benzene rings is 2. The quantitative estimate of drug-likeness (QED) is 0.339. The van der Waals surface area contributed by atoms with Crippen molar-refractivity contribution in [1.29, 1.82) is 0 Å². The molecule has 6 nitrogen and oxygen atoms in total. The Morgan fingerprint density at radius 3 is 2.53 bits per heavy atom. The first-order chi connectivity index (χ1) is 16.3. The molecular weight excluding hydrogens is 448 g/mol. The smallest absolute Gasteiger partial charge is 0.296 e. The lowest BCUT2D eigenvalue weighted by Crippen LogP contribution is -2.31. The number of aliphatic hydroxyl groups is 1. The molecule has 0 spiro atoms. The number of aliphatic hydroxyl groups excluding tert-OH is 1. The van der Waals surface area contributed by atoms with Crippen molar-refractivity contribution in [2.24, 2.45) is 0 Å². The lowest BCUT2D eigenvalue weighted by Gasteiger charge is -2.24. The number of aryl methyl sites for hydroxylation is 2. The lowest BCUT2D eigenvalue weighted by atomic mass is 9.93. The average molecular weight is 473 g/mol. The number of nitrogens with zero attached hydrogens (tertiary/aromatic N) is 2. The molecule has 0 fully saturated rings. The van der Waals surface area contributed by atoms with Crippen LogP contribution >= 0.6 is 11.3 Å². The Kier molecular flexibility index (Phi) is 5.37. The molecule has 5 rings (SSSR count). The van der Waals surface area contributed by atoms with Gasteiger partial charge in [0.05, 0.1) is 28.1 Å². The van der Waals surface area contributed by atoms with Crippen LogP contribution in [-0.4, -0.2) is 21.8 Å². The number of hydrogen-bond donors (Lipinski definition) is 1. The minimum atomic E-state index is -0.826. The predicted molar refractivity (Wildman–Crippen MR) is 133 cm³/mol. The molecular formula is C27H24N2O4S. The van der Waals surface area contributed by atoms with Crippen LogP contribution in [0, 0.1) is 13.8 Å². The minimum absolute atomic E-state index is 0.00981. The second-order valence-corrected chi connectivity index (χ2v) is 9.90. The number of carbonyl (C=O) groups excluding carboxylic acids is 2. The topological polar surface area (TPSA) is 83.6 Å². The third kappa shape index (κ3) is 3.53. The first-order valence-corrected chi connectivity index (χ1v) is 11.9. The molecule has 2 aromatic carbocycles. The van der Waals surface area contributed by atoms with E-state index in [0.717, 1.165) is 26.9 Å². The number of aromatic nitrogens is 1. The van der Waals surface area contributed by atoms with Crippen molar-refractivity contribution in [3.8, 4) is 0 Å². The van der Waals surface area contributed by atoms with Gasteiger partial charge in [0, 0.05) is 0 Å². The van der Waals surface area contributed by atoms with Crippen LogP contribution in [0.5, 0.6) is 0 Å². The van der Waals surface area contributed by atoms with E-state index >= 15 is 0 Å². The highest BCUT2D eigenvalue weighted by Gasteiger charge is 2.46. The van der Waals surface area contributed by atoms with Gasteiger partial charge in [-0.3, -0.25) is 14.5 Å². The van der Waals surface area contributed by atoms with E-state index in [1.165, 1.54) is 28.6 Å². The lowest BCUT2D eigenvalue weighted by molar-refractivity contribution is -0.117. The standard InChI is InChI=1S/C27H24N2O4S/c1-14(2)17-7-9-18(10-8-17)23-21(24(30)19-6-5-11-33-19)25(31)26(32)29(23)27-28-22-16(4)12-15(3)13-20(22)34-27/h5-14,23,31H,1-4H3/t23-/m0/s1. The number of fused-ring (bicyclic) bond motifs is 1. The van der Waals surface area contributed by atoms with Gasteiger partial charge in [0.2, 0.25) is 5.78 Å². The first-order valence-electron chi connectivity index (χ1n) is 11.1. The van der Waals surface area contributed by atoms with E-state index in [0.29, 0.717) is 16.6 Å². The maximum Gasteiger partial charge on any atom is 0.296 e. The number of rotatable bonds is 5. The highest BCUT2D eigenvalue weighted by molar-refractivity contribution is 7.22. The molecule has 0 aliphatic carbocycles. The Balaban J connectivity index is 1.68. The van der Waals surface area contributed by atoms with Crippen LogP contribution in [0.4, 0.5) is 5.13 Å². The van der Waals surface area contributed by atoms with Gasteiger partial charge in [-0.15, -0.1) is 0 Å². The Morgan fingerprint density at radius 1 is 1.15 bits per heavy atom. The van der Waals surface area contributed by atoms with Crippen LogP contribution in [0.3, 0.4) is 0 Å². The zero-order chi connectivity index (χ0) is 24.1. The number of thiazole rings is 1. The summed E-state index contributed by atoms with van der Waals surface area (Å²) in [5.41, 5.74) is 4.75. The van der Waals surface area contributed by atoms with Gasteiger partial charge in [-0.1, -0.05) is 55.5 Å². The fraction of sp³-hybridized carbons (Fsp3) is 0.222. The molecule has 1 amide bonds. The molecule has 0 saturated heterocycles. The van der Waals surface area contributed by atoms with Crippen LogP contribution in [0.15, 0.2) is 70.5 Å². The average Bonchev–Trinajstić information content (AvgIpc) is 3.53. The van der Waals surface area contributed by atoms with E-state index in [2.05, 4.69) is 13.8 Å². The number of carbonyl (C=O) groups is 2. The van der Waals surface area contributed by atoms with Gasteiger partial charge in [-0.25, -0.2) is 4.98 Å². The number of anilines is 1. The highest BCUT2D eigenvalue weighted by atomic mass is 32.1. The zero-order valence-corrected chi connectivity index (χ0v) is 20.1. The van der Waals surface area contributed by atoms with Crippen molar-refractivity contribution in [3.63, 3.8) is 0 Å².